The van der Waals surface area contributed by atoms with Crippen molar-refractivity contribution in [3.05, 3.63) is 35.6 Å². The molecule has 1 aliphatic rings. The van der Waals surface area contributed by atoms with Crippen LogP contribution in [-0.2, 0) is 10.0 Å². The maximum atomic E-state index is 13.2. The molecule has 1 aromatic carbocycles. The zero-order valence-electron chi connectivity index (χ0n) is 15.0. The molecule has 142 valence electrons. The first-order chi connectivity index (χ1) is 11.8. The number of hydrogen-bond acceptors (Lipinski definition) is 4. The maximum Gasteiger partial charge on any atom is 0.214 e. The van der Waals surface area contributed by atoms with E-state index in [0.29, 0.717) is 44.5 Å². The van der Waals surface area contributed by atoms with E-state index < -0.39 is 16.1 Å². The highest BCUT2D eigenvalue weighted by molar-refractivity contribution is 7.89. The lowest BCUT2D eigenvalue weighted by Gasteiger charge is -2.40. The van der Waals surface area contributed by atoms with Gasteiger partial charge in [0.25, 0.3) is 0 Å². The van der Waals surface area contributed by atoms with Gasteiger partial charge in [0.2, 0.25) is 10.0 Å². The van der Waals surface area contributed by atoms with Gasteiger partial charge in [0.15, 0.2) is 0 Å². The summed E-state index contributed by atoms with van der Waals surface area (Å²) >= 11 is 0. The average molecular weight is 373 g/mol. The molecule has 0 spiro atoms. The first-order valence-electron chi connectivity index (χ1n) is 8.92. The quantitative estimate of drug-likeness (QED) is 0.735. The molecule has 0 amide bonds. The van der Waals surface area contributed by atoms with E-state index in [2.05, 4.69) is 5.32 Å². The summed E-state index contributed by atoms with van der Waals surface area (Å²) in [6.07, 6.45) is 2.14. The van der Waals surface area contributed by atoms with Gasteiger partial charge in [0, 0.05) is 25.2 Å². The topological polar surface area (TPSA) is 69.6 Å². The number of nitrogens with one attached hydrogen (secondary N) is 1. The number of unbranched alkanes of at least 4 members (excludes halogenated alkanes) is 1. The third-order valence-corrected chi connectivity index (χ3v) is 6.89. The summed E-state index contributed by atoms with van der Waals surface area (Å²) < 4.78 is 39.4. The van der Waals surface area contributed by atoms with Crippen molar-refractivity contribution in [2.24, 2.45) is 0 Å². The monoisotopic (exact) mass is 372 g/mol. The van der Waals surface area contributed by atoms with E-state index in [-0.39, 0.29) is 17.1 Å². The van der Waals surface area contributed by atoms with Crippen LogP contribution in [0.15, 0.2) is 24.3 Å². The molecule has 1 aliphatic heterocycles. The Balaban J connectivity index is 1.86. The zero-order valence-corrected chi connectivity index (χ0v) is 15.9. The van der Waals surface area contributed by atoms with Crippen molar-refractivity contribution < 1.29 is 17.9 Å². The minimum absolute atomic E-state index is 0.214. The minimum Gasteiger partial charge on any atom is -0.387 e. The van der Waals surface area contributed by atoms with Crippen LogP contribution in [0.3, 0.4) is 0 Å². The SMILES string of the molecule is CCCCS(=O)(=O)N1CCC(C)(NC[C@H](O)c2cccc(F)c2)CC1. The van der Waals surface area contributed by atoms with Gasteiger partial charge in [-0.25, -0.2) is 17.1 Å². The van der Waals surface area contributed by atoms with Crippen LogP contribution >= 0.6 is 0 Å². The Hall–Kier alpha value is -1.02. The highest BCUT2D eigenvalue weighted by Crippen LogP contribution is 2.25. The zero-order chi connectivity index (χ0) is 18.5. The third-order valence-electron chi connectivity index (χ3n) is 4.93. The van der Waals surface area contributed by atoms with E-state index in [4.69, 9.17) is 0 Å². The number of aliphatic hydroxyl groups is 1. The first kappa shape index (κ1) is 20.3. The Bertz CT molecular complexity index is 658. The van der Waals surface area contributed by atoms with Gasteiger partial charge in [-0.2, -0.15) is 0 Å². The van der Waals surface area contributed by atoms with Crippen molar-refractivity contribution in [1.29, 1.82) is 0 Å². The molecule has 1 heterocycles. The predicted octanol–water partition coefficient (Wildman–Crippen LogP) is 2.43. The Morgan fingerprint density at radius 2 is 2.04 bits per heavy atom. The number of hydrogen-bond donors (Lipinski definition) is 2. The van der Waals surface area contributed by atoms with Gasteiger partial charge in [0.1, 0.15) is 5.82 Å². The normalized spacial score (nSPS) is 19.7. The van der Waals surface area contributed by atoms with Crippen LogP contribution in [-0.4, -0.2) is 48.8 Å². The fraction of sp³-hybridized carbons (Fsp3) is 0.667. The molecule has 2 N–H and O–H groups in total. The summed E-state index contributed by atoms with van der Waals surface area (Å²) in [5, 5.41) is 13.6. The number of β-amino-alcohol motifs (C(OH)–C–C–N with tert-alkyl or cyclic N) is 1. The first-order valence-corrected chi connectivity index (χ1v) is 10.5. The maximum absolute atomic E-state index is 13.2. The number of benzene rings is 1. The third kappa shape index (κ3) is 5.74. The van der Waals surface area contributed by atoms with Crippen molar-refractivity contribution in [3.63, 3.8) is 0 Å². The van der Waals surface area contributed by atoms with E-state index in [1.54, 1.807) is 16.4 Å². The minimum atomic E-state index is -3.16. The molecule has 0 aliphatic carbocycles. The number of rotatable bonds is 8. The van der Waals surface area contributed by atoms with Gasteiger partial charge in [-0.05, 0) is 43.9 Å². The molecule has 0 radical (unpaired) electrons. The molecule has 0 bridgehead atoms. The van der Waals surface area contributed by atoms with Crippen LogP contribution in [0, 0.1) is 5.82 Å². The van der Waals surface area contributed by atoms with E-state index >= 15 is 0 Å². The van der Waals surface area contributed by atoms with Crippen LogP contribution in [0.2, 0.25) is 0 Å². The van der Waals surface area contributed by atoms with Crippen molar-refractivity contribution >= 4 is 10.0 Å². The largest absolute Gasteiger partial charge is 0.387 e. The Kier molecular flexibility index (Phi) is 6.96. The van der Waals surface area contributed by atoms with Crippen LogP contribution in [0.25, 0.3) is 0 Å². The smallest absolute Gasteiger partial charge is 0.214 e. The Morgan fingerprint density at radius 3 is 2.64 bits per heavy atom. The molecular formula is C18H29FN2O3S. The van der Waals surface area contributed by atoms with Crippen LogP contribution < -0.4 is 5.32 Å². The fourth-order valence-corrected chi connectivity index (χ4v) is 4.72. The highest BCUT2D eigenvalue weighted by atomic mass is 32.2. The van der Waals surface area contributed by atoms with Crippen LogP contribution in [0.5, 0.6) is 0 Å². The molecule has 1 saturated heterocycles. The predicted molar refractivity (Wildman–Crippen MR) is 97.3 cm³/mol. The standard InChI is InChI=1S/C18H29FN2O3S/c1-3-4-12-25(23,24)21-10-8-18(2,9-11-21)20-14-17(22)15-6-5-7-16(19)13-15/h5-7,13,17,20,22H,3-4,8-12,14H2,1-2H3/t17-/m0/s1. The second kappa shape index (κ2) is 8.58. The van der Waals surface area contributed by atoms with E-state index in [9.17, 15) is 17.9 Å². The van der Waals surface area contributed by atoms with Gasteiger partial charge < -0.3 is 10.4 Å². The molecule has 0 saturated carbocycles. The number of sulfonamides is 1. The van der Waals surface area contributed by atoms with Gasteiger partial charge in [-0.15, -0.1) is 0 Å². The van der Waals surface area contributed by atoms with Crippen molar-refractivity contribution in [2.75, 3.05) is 25.4 Å². The Morgan fingerprint density at radius 1 is 1.36 bits per heavy atom. The van der Waals surface area contributed by atoms with Crippen LogP contribution in [0.1, 0.15) is 51.2 Å². The van der Waals surface area contributed by atoms with Crippen molar-refractivity contribution in [3.8, 4) is 0 Å². The molecule has 7 heteroatoms. The molecule has 5 nitrogen and oxygen atoms in total. The van der Waals surface area contributed by atoms with Crippen molar-refractivity contribution in [1.82, 2.24) is 9.62 Å². The fourth-order valence-electron chi connectivity index (χ4n) is 3.07. The molecule has 0 aromatic heterocycles. The molecule has 1 aromatic rings. The summed E-state index contributed by atoms with van der Waals surface area (Å²) in [6.45, 7) is 5.32. The number of halogens is 1. The van der Waals surface area contributed by atoms with Gasteiger partial charge in [0.05, 0.1) is 11.9 Å². The lowest BCUT2D eigenvalue weighted by Crippen LogP contribution is -2.53. The molecule has 25 heavy (non-hydrogen) atoms. The second-order valence-electron chi connectivity index (χ2n) is 7.08. The number of aliphatic hydroxyl groups excluding tert-OH is 1. The molecular weight excluding hydrogens is 343 g/mol. The number of nitrogens with zero attached hydrogens (tertiary/aromatic N) is 1. The van der Waals surface area contributed by atoms with Crippen molar-refractivity contribution in [2.45, 2.75) is 51.2 Å². The summed E-state index contributed by atoms with van der Waals surface area (Å²) in [5.41, 5.74) is 0.307. The highest BCUT2D eigenvalue weighted by Gasteiger charge is 2.34. The lowest BCUT2D eigenvalue weighted by molar-refractivity contribution is 0.138. The molecule has 2 rings (SSSR count). The summed E-state index contributed by atoms with van der Waals surface area (Å²) in [7, 11) is -3.16. The summed E-state index contributed by atoms with van der Waals surface area (Å²) in [6, 6.07) is 5.95. The summed E-state index contributed by atoms with van der Waals surface area (Å²) in [5.74, 6) is -0.153. The molecule has 1 atom stereocenters. The van der Waals surface area contributed by atoms with Crippen LogP contribution in [0.4, 0.5) is 4.39 Å². The molecule has 1 fully saturated rings. The summed E-state index contributed by atoms with van der Waals surface area (Å²) in [4.78, 5) is 0. The van der Waals surface area contributed by atoms with E-state index in [1.807, 2.05) is 13.8 Å². The average Bonchev–Trinajstić information content (AvgIpc) is 2.58. The van der Waals surface area contributed by atoms with Gasteiger partial charge in [-0.1, -0.05) is 25.5 Å². The van der Waals surface area contributed by atoms with E-state index in [0.717, 1.165) is 6.42 Å². The van der Waals surface area contributed by atoms with Gasteiger partial charge in [-0.3, -0.25) is 0 Å². The number of piperidine rings is 1. The molecule has 0 unspecified atom stereocenters. The second-order valence-corrected chi connectivity index (χ2v) is 9.17. The van der Waals surface area contributed by atoms with E-state index in [1.165, 1.54) is 12.1 Å². The van der Waals surface area contributed by atoms with Gasteiger partial charge >= 0.3 is 0 Å². The lowest BCUT2D eigenvalue weighted by atomic mass is 9.90. The Labute approximate surface area is 150 Å².